The second-order valence-corrected chi connectivity index (χ2v) is 7.32. The Morgan fingerprint density at radius 1 is 1.14 bits per heavy atom. The second kappa shape index (κ2) is 8.89. The molecule has 6 nitrogen and oxygen atoms in total. The van der Waals surface area contributed by atoms with E-state index in [1.807, 2.05) is 0 Å². The van der Waals surface area contributed by atoms with Crippen LogP contribution in [0.2, 0.25) is 0 Å². The number of hydrogen-bond acceptors (Lipinski definition) is 4. The van der Waals surface area contributed by atoms with Gasteiger partial charge < -0.3 is 10.1 Å². The minimum Gasteiger partial charge on any atom is -0.484 e. The number of hydrogen-bond donors (Lipinski definition) is 2. The molecule has 2 aromatic carbocycles. The first-order valence-corrected chi connectivity index (χ1v) is 9.40. The molecule has 0 unspecified atom stereocenters. The summed E-state index contributed by atoms with van der Waals surface area (Å²) in [7, 11) is -3.81. The maximum absolute atomic E-state index is 12.4. The van der Waals surface area contributed by atoms with Crippen molar-refractivity contribution in [2.75, 3.05) is 18.5 Å². The fourth-order valence-electron chi connectivity index (χ4n) is 2.09. The summed E-state index contributed by atoms with van der Waals surface area (Å²) in [5, 5.41) is 2.49. The molecule has 28 heavy (non-hydrogen) atoms. The number of amides is 1. The zero-order valence-electron chi connectivity index (χ0n) is 14.5. The van der Waals surface area contributed by atoms with Gasteiger partial charge in [0.05, 0.1) is 4.90 Å². The van der Waals surface area contributed by atoms with E-state index >= 15 is 0 Å². The molecule has 0 bridgehead atoms. The Morgan fingerprint density at radius 3 is 2.54 bits per heavy atom. The Balaban J connectivity index is 2.13. The van der Waals surface area contributed by atoms with E-state index in [0.29, 0.717) is 0 Å². The van der Waals surface area contributed by atoms with Crippen LogP contribution in [-0.4, -0.2) is 33.7 Å². The average Bonchev–Trinajstić information content (AvgIpc) is 2.64. The van der Waals surface area contributed by atoms with Crippen LogP contribution in [0.5, 0.6) is 5.75 Å². The highest BCUT2D eigenvalue weighted by Gasteiger charge is 2.28. The number of carbonyl (C=O) groups excluding carboxylic acids is 1. The molecular formula is C18H17F3N2O4S. The van der Waals surface area contributed by atoms with Gasteiger partial charge in [-0.25, -0.2) is 13.1 Å². The molecule has 150 valence electrons. The Kier molecular flexibility index (Phi) is 6.81. The number of nitrogens with one attached hydrogen (secondary N) is 2. The Hall–Kier alpha value is -2.85. The number of ether oxygens (including phenoxy) is 1. The minimum absolute atomic E-state index is 0.0312. The predicted molar refractivity (Wildman–Crippen MR) is 97.8 cm³/mol. The molecule has 10 heteroatoms. The van der Waals surface area contributed by atoms with Crippen molar-refractivity contribution in [3.8, 4) is 5.75 Å². The van der Waals surface area contributed by atoms with E-state index in [9.17, 15) is 26.4 Å². The standard InChI is InChI=1S/C18H17F3N2O4S/c1-2-9-22-28(25,26)16-8-3-5-13(10-16)17(24)23-14-6-4-7-15(11-14)27-12-18(19,20)21/h2-8,10-11,22H,1,9,12H2,(H,23,24). The van der Waals surface area contributed by atoms with Crippen molar-refractivity contribution < 1.29 is 31.1 Å². The van der Waals surface area contributed by atoms with Gasteiger partial charge in [0, 0.05) is 23.9 Å². The molecule has 0 aliphatic carbocycles. The van der Waals surface area contributed by atoms with E-state index in [4.69, 9.17) is 0 Å². The summed E-state index contributed by atoms with van der Waals surface area (Å²) in [5.41, 5.74) is 0.255. The van der Waals surface area contributed by atoms with Gasteiger partial charge in [0.15, 0.2) is 6.61 Å². The number of rotatable bonds is 8. The minimum atomic E-state index is -4.48. The van der Waals surface area contributed by atoms with E-state index in [-0.39, 0.29) is 28.4 Å². The zero-order valence-corrected chi connectivity index (χ0v) is 15.3. The van der Waals surface area contributed by atoms with Crippen LogP contribution in [0.1, 0.15) is 10.4 Å². The van der Waals surface area contributed by atoms with Gasteiger partial charge in [-0.2, -0.15) is 13.2 Å². The molecular weight excluding hydrogens is 397 g/mol. The lowest BCUT2D eigenvalue weighted by Gasteiger charge is -2.11. The third-order valence-corrected chi connectivity index (χ3v) is 4.74. The Labute approximate surface area is 160 Å². The summed E-state index contributed by atoms with van der Waals surface area (Å²) >= 11 is 0. The summed E-state index contributed by atoms with van der Waals surface area (Å²) in [5.74, 6) is -0.700. The van der Waals surface area contributed by atoms with Gasteiger partial charge in [-0.15, -0.1) is 6.58 Å². The highest BCUT2D eigenvalue weighted by atomic mass is 32.2. The molecule has 0 saturated heterocycles. The molecule has 0 aliphatic rings. The number of sulfonamides is 1. The van der Waals surface area contributed by atoms with Crippen LogP contribution in [0.3, 0.4) is 0 Å². The maximum Gasteiger partial charge on any atom is 0.422 e. The van der Waals surface area contributed by atoms with Gasteiger partial charge >= 0.3 is 6.18 Å². The van der Waals surface area contributed by atoms with Gasteiger partial charge in [-0.05, 0) is 30.3 Å². The first kappa shape index (κ1) is 21.5. The monoisotopic (exact) mass is 414 g/mol. The molecule has 1 amide bonds. The molecule has 0 spiro atoms. The molecule has 0 radical (unpaired) electrons. The highest BCUT2D eigenvalue weighted by molar-refractivity contribution is 7.89. The topological polar surface area (TPSA) is 84.5 Å². The van der Waals surface area contributed by atoms with Crippen LogP contribution in [0.4, 0.5) is 18.9 Å². The molecule has 0 fully saturated rings. The third kappa shape index (κ3) is 6.39. The number of anilines is 1. The van der Waals surface area contributed by atoms with Crippen LogP contribution in [0, 0.1) is 0 Å². The predicted octanol–water partition coefficient (Wildman–Crippen LogP) is 3.34. The molecule has 0 atom stereocenters. The molecule has 0 saturated carbocycles. The SMILES string of the molecule is C=CCNS(=O)(=O)c1cccc(C(=O)Nc2cccc(OCC(F)(F)F)c2)c1. The van der Waals surface area contributed by atoms with E-state index in [1.54, 1.807) is 0 Å². The summed E-state index contributed by atoms with van der Waals surface area (Å²) in [4.78, 5) is 12.3. The third-order valence-electron chi connectivity index (χ3n) is 3.32. The zero-order chi connectivity index (χ0) is 20.8. The Morgan fingerprint density at radius 2 is 1.86 bits per heavy atom. The summed E-state index contributed by atoms with van der Waals surface area (Å²) < 4.78 is 67.9. The molecule has 0 aliphatic heterocycles. The fourth-order valence-corrected chi connectivity index (χ4v) is 3.13. The highest BCUT2D eigenvalue weighted by Crippen LogP contribution is 2.22. The average molecular weight is 414 g/mol. The van der Waals surface area contributed by atoms with Crippen molar-refractivity contribution in [1.29, 1.82) is 0 Å². The van der Waals surface area contributed by atoms with Gasteiger partial charge in [0.25, 0.3) is 5.91 Å². The fraction of sp³-hybridized carbons (Fsp3) is 0.167. The number of halogens is 3. The van der Waals surface area contributed by atoms with Crippen molar-refractivity contribution in [3.63, 3.8) is 0 Å². The summed E-state index contributed by atoms with van der Waals surface area (Å²) in [6, 6.07) is 10.8. The first-order valence-electron chi connectivity index (χ1n) is 7.92. The van der Waals surface area contributed by atoms with Crippen molar-refractivity contribution in [2.45, 2.75) is 11.1 Å². The lowest BCUT2D eigenvalue weighted by atomic mass is 10.2. The van der Waals surface area contributed by atoms with Crippen molar-refractivity contribution in [3.05, 3.63) is 66.7 Å². The van der Waals surface area contributed by atoms with Gasteiger partial charge in [-0.1, -0.05) is 18.2 Å². The van der Waals surface area contributed by atoms with Crippen LogP contribution < -0.4 is 14.8 Å². The molecule has 2 N–H and O–H groups in total. The smallest absolute Gasteiger partial charge is 0.422 e. The van der Waals surface area contributed by atoms with Crippen molar-refractivity contribution in [1.82, 2.24) is 4.72 Å². The maximum atomic E-state index is 12.4. The summed E-state index contributed by atoms with van der Waals surface area (Å²) in [6.45, 7) is 1.99. The largest absolute Gasteiger partial charge is 0.484 e. The summed E-state index contributed by atoms with van der Waals surface area (Å²) in [6.07, 6.45) is -3.10. The normalized spacial score (nSPS) is 11.7. The molecule has 0 heterocycles. The second-order valence-electron chi connectivity index (χ2n) is 5.55. The van der Waals surface area contributed by atoms with Gasteiger partial charge in [0.1, 0.15) is 5.75 Å². The number of carbonyl (C=O) groups is 1. The van der Waals surface area contributed by atoms with Crippen LogP contribution in [0.25, 0.3) is 0 Å². The van der Waals surface area contributed by atoms with Crippen LogP contribution in [0.15, 0.2) is 66.1 Å². The van der Waals surface area contributed by atoms with E-state index < -0.39 is 28.7 Å². The number of alkyl halides is 3. The van der Waals surface area contributed by atoms with E-state index in [0.717, 1.165) is 0 Å². The lowest BCUT2D eigenvalue weighted by Crippen LogP contribution is -2.24. The lowest BCUT2D eigenvalue weighted by molar-refractivity contribution is -0.153. The van der Waals surface area contributed by atoms with Crippen LogP contribution >= 0.6 is 0 Å². The molecule has 2 aromatic rings. The van der Waals surface area contributed by atoms with E-state index in [2.05, 4.69) is 21.4 Å². The van der Waals surface area contributed by atoms with E-state index in [1.165, 1.54) is 54.6 Å². The van der Waals surface area contributed by atoms with Gasteiger partial charge in [0.2, 0.25) is 10.0 Å². The van der Waals surface area contributed by atoms with Gasteiger partial charge in [-0.3, -0.25) is 4.79 Å². The van der Waals surface area contributed by atoms with Crippen LogP contribution in [-0.2, 0) is 10.0 Å². The Bertz CT molecular complexity index is 959. The molecule has 0 aromatic heterocycles. The quantitative estimate of drug-likeness (QED) is 0.649. The number of benzene rings is 2. The molecule has 2 rings (SSSR count). The van der Waals surface area contributed by atoms with Crippen molar-refractivity contribution in [2.24, 2.45) is 0 Å². The first-order chi connectivity index (χ1) is 13.1. The van der Waals surface area contributed by atoms with Crippen molar-refractivity contribution >= 4 is 21.6 Å².